The summed E-state index contributed by atoms with van der Waals surface area (Å²) in [4.78, 5) is 12.1. The van der Waals surface area contributed by atoms with Crippen molar-refractivity contribution in [2.45, 2.75) is 50.6 Å². The molecule has 3 rings (SSSR count). The Kier molecular flexibility index (Phi) is 4.09. The summed E-state index contributed by atoms with van der Waals surface area (Å²) < 4.78 is 5.72. The van der Waals surface area contributed by atoms with Gasteiger partial charge in [0, 0.05) is 11.6 Å². The fourth-order valence-electron chi connectivity index (χ4n) is 3.13. The van der Waals surface area contributed by atoms with Gasteiger partial charge in [0.1, 0.15) is 5.75 Å². The van der Waals surface area contributed by atoms with Crippen molar-refractivity contribution in [3.05, 3.63) is 29.8 Å². The lowest BCUT2D eigenvalue weighted by Gasteiger charge is -2.20. The number of ether oxygens (including phenoxy) is 1. The van der Waals surface area contributed by atoms with E-state index in [1.54, 1.807) is 0 Å². The van der Waals surface area contributed by atoms with Gasteiger partial charge in [-0.15, -0.1) is 0 Å². The third-order valence-electron chi connectivity index (χ3n) is 4.18. The highest BCUT2D eigenvalue weighted by atomic mass is 16.5. The molecular weight excluding hydrogens is 252 g/mol. The van der Waals surface area contributed by atoms with Crippen LogP contribution in [0.25, 0.3) is 0 Å². The number of benzene rings is 1. The molecule has 2 aliphatic rings. The topological polar surface area (TPSA) is 50.4 Å². The van der Waals surface area contributed by atoms with Gasteiger partial charge in [-0.25, -0.2) is 4.79 Å². The molecule has 0 bridgehead atoms. The fourth-order valence-corrected chi connectivity index (χ4v) is 3.13. The molecule has 1 aliphatic heterocycles. The van der Waals surface area contributed by atoms with Crippen LogP contribution in [-0.2, 0) is 0 Å². The molecule has 0 spiro atoms. The van der Waals surface area contributed by atoms with Crippen LogP contribution >= 0.6 is 0 Å². The maximum atomic E-state index is 12.1. The van der Waals surface area contributed by atoms with Gasteiger partial charge < -0.3 is 15.4 Å². The zero-order valence-corrected chi connectivity index (χ0v) is 11.7. The summed E-state index contributed by atoms with van der Waals surface area (Å²) in [5, 5.41) is 6.20. The summed E-state index contributed by atoms with van der Waals surface area (Å²) in [6, 6.07) is 8.35. The quantitative estimate of drug-likeness (QED) is 0.870. The highest BCUT2D eigenvalue weighted by Crippen LogP contribution is 2.31. The molecule has 1 fully saturated rings. The Balaban J connectivity index is 1.65. The second-order valence-corrected chi connectivity index (χ2v) is 5.68. The Bertz CT molecular complexity index is 469. The molecule has 0 saturated heterocycles. The van der Waals surface area contributed by atoms with Crippen LogP contribution in [0.15, 0.2) is 24.3 Å². The molecule has 2 amide bonds. The Labute approximate surface area is 119 Å². The third kappa shape index (κ3) is 3.06. The van der Waals surface area contributed by atoms with Crippen molar-refractivity contribution in [3.8, 4) is 5.75 Å². The predicted octanol–water partition coefficient (Wildman–Crippen LogP) is 3.14. The number of hydrogen-bond acceptors (Lipinski definition) is 2. The minimum Gasteiger partial charge on any atom is -0.493 e. The number of para-hydroxylation sites is 1. The van der Waals surface area contributed by atoms with E-state index in [1.165, 1.54) is 12.8 Å². The van der Waals surface area contributed by atoms with E-state index in [4.69, 9.17) is 4.74 Å². The SMILES string of the molecule is O=C(NC1CCCC1)NC1CCCOc2ccccc21. The third-order valence-corrected chi connectivity index (χ3v) is 4.18. The smallest absolute Gasteiger partial charge is 0.315 e. The van der Waals surface area contributed by atoms with E-state index in [0.717, 1.165) is 43.6 Å². The number of amides is 2. The van der Waals surface area contributed by atoms with Gasteiger partial charge in [0.05, 0.1) is 12.6 Å². The number of carbonyl (C=O) groups is 1. The summed E-state index contributed by atoms with van der Waals surface area (Å²) in [5.41, 5.74) is 1.09. The van der Waals surface area contributed by atoms with Crippen molar-refractivity contribution in [2.75, 3.05) is 6.61 Å². The summed E-state index contributed by atoms with van der Waals surface area (Å²) >= 11 is 0. The Hall–Kier alpha value is -1.71. The fraction of sp³-hybridized carbons (Fsp3) is 0.562. The number of carbonyl (C=O) groups excluding carboxylic acids is 1. The number of rotatable bonds is 2. The molecule has 20 heavy (non-hydrogen) atoms. The molecule has 1 aliphatic carbocycles. The van der Waals surface area contributed by atoms with Crippen LogP contribution in [0.2, 0.25) is 0 Å². The zero-order chi connectivity index (χ0) is 13.8. The Morgan fingerprint density at radius 1 is 1.05 bits per heavy atom. The average molecular weight is 274 g/mol. The molecule has 0 radical (unpaired) electrons. The van der Waals surface area contributed by atoms with Gasteiger partial charge in [-0.05, 0) is 31.7 Å². The zero-order valence-electron chi connectivity index (χ0n) is 11.7. The molecular formula is C16H22N2O2. The highest BCUT2D eigenvalue weighted by molar-refractivity contribution is 5.75. The maximum absolute atomic E-state index is 12.1. The van der Waals surface area contributed by atoms with E-state index in [2.05, 4.69) is 10.6 Å². The van der Waals surface area contributed by atoms with Gasteiger partial charge in [0.15, 0.2) is 0 Å². The predicted molar refractivity (Wildman–Crippen MR) is 77.8 cm³/mol. The second kappa shape index (κ2) is 6.16. The van der Waals surface area contributed by atoms with Crippen LogP contribution in [0.3, 0.4) is 0 Å². The van der Waals surface area contributed by atoms with E-state index < -0.39 is 0 Å². The van der Waals surface area contributed by atoms with Crippen molar-refractivity contribution in [1.82, 2.24) is 10.6 Å². The molecule has 108 valence electrons. The van der Waals surface area contributed by atoms with E-state index in [0.29, 0.717) is 6.04 Å². The van der Waals surface area contributed by atoms with Crippen LogP contribution in [0, 0.1) is 0 Å². The first kappa shape index (κ1) is 13.3. The molecule has 4 heteroatoms. The molecule has 1 aromatic carbocycles. The molecule has 1 atom stereocenters. The van der Waals surface area contributed by atoms with Gasteiger partial charge in [-0.1, -0.05) is 31.0 Å². The van der Waals surface area contributed by atoms with Crippen LogP contribution in [-0.4, -0.2) is 18.7 Å². The summed E-state index contributed by atoms with van der Waals surface area (Å²) in [6.07, 6.45) is 6.56. The van der Waals surface area contributed by atoms with Crippen LogP contribution in [0.1, 0.15) is 50.1 Å². The standard InChI is InChI=1S/C16H22N2O2/c19-16(17-12-6-1-2-7-12)18-14-9-5-11-20-15-10-4-3-8-13(14)15/h3-4,8,10,12,14H,1-2,5-7,9,11H2,(H2,17,18,19). The Morgan fingerprint density at radius 3 is 2.70 bits per heavy atom. The van der Waals surface area contributed by atoms with Crippen molar-refractivity contribution >= 4 is 6.03 Å². The van der Waals surface area contributed by atoms with Crippen molar-refractivity contribution in [3.63, 3.8) is 0 Å². The van der Waals surface area contributed by atoms with Gasteiger partial charge >= 0.3 is 6.03 Å². The van der Waals surface area contributed by atoms with E-state index in [1.807, 2.05) is 24.3 Å². The minimum absolute atomic E-state index is 0.0430. The lowest BCUT2D eigenvalue weighted by Crippen LogP contribution is -2.42. The van der Waals surface area contributed by atoms with Crippen LogP contribution in [0.4, 0.5) is 4.79 Å². The lowest BCUT2D eigenvalue weighted by atomic mass is 10.0. The van der Waals surface area contributed by atoms with Crippen molar-refractivity contribution < 1.29 is 9.53 Å². The molecule has 1 saturated carbocycles. The summed E-state index contributed by atoms with van der Waals surface area (Å²) in [5.74, 6) is 0.899. The van der Waals surface area contributed by atoms with Crippen molar-refractivity contribution in [1.29, 1.82) is 0 Å². The van der Waals surface area contributed by atoms with Gasteiger partial charge in [-0.2, -0.15) is 0 Å². The van der Waals surface area contributed by atoms with E-state index >= 15 is 0 Å². The number of urea groups is 1. The monoisotopic (exact) mass is 274 g/mol. The van der Waals surface area contributed by atoms with Crippen LogP contribution in [0.5, 0.6) is 5.75 Å². The van der Waals surface area contributed by atoms with Gasteiger partial charge in [-0.3, -0.25) is 0 Å². The molecule has 1 aromatic rings. The maximum Gasteiger partial charge on any atom is 0.315 e. The van der Waals surface area contributed by atoms with E-state index in [9.17, 15) is 4.79 Å². The first-order chi connectivity index (χ1) is 9.83. The lowest BCUT2D eigenvalue weighted by molar-refractivity contribution is 0.232. The number of hydrogen-bond donors (Lipinski definition) is 2. The van der Waals surface area contributed by atoms with Gasteiger partial charge in [0.2, 0.25) is 0 Å². The van der Waals surface area contributed by atoms with Crippen molar-refractivity contribution in [2.24, 2.45) is 0 Å². The summed E-state index contributed by atoms with van der Waals surface area (Å²) in [6.45, 7) is 0.722. The Morgan fingerprint density at radius 2 is 1.85 bits per heavy atom. The average Bonchev–Trinajstić information content (AvgIpc) is 2.87. The number of fused-ring (bicyclic) bond motifs is 1. The largest absolute Gasteiger partial charge is 0.493 e. The van der Waals surface area contributed by atoms with Gasteiger partial charge in [0.25, 0.3) is 0 Å². The normalized spacial score (nSPS) is 22.5. The molecule has 1 unspecified atom stereocenters. The first-order valence-electron chi connectivity index (χ1n) is 7.62. The minimum atomic E-state index is -0.0430. The molecule has 4 nitrogen and oxygen atoms in total. The molecule has 0 aromatic heterocycles. The summed E-state index contributed by atoms with van der Waals surface area (Å²) in [7, 11) is 0. The first-order valence-corrected chi connectivity index (χ1v) is 7.62. The molecule has 1 heterocycles. The highest BCUT2D eigenvalue weighted by Gasteiger charge is 2.23. The van der Waals surface area contributed by atoms with Crippen LogP contribution < -0.4 is 15.4 Å². The molecule has 2 N–H and O–H groups in total. The number of nitrogens with one attached hydrogen (secondary N) is 2. The second-order valence-electron chi connectivity index (χ2n) is 5.68. The van der Waals surface area contributed by atoms with E-state index in [-0.39, 0.29) is 12.1 Å².